The lowest BCUT2D eigenvalue weighted by atomic mass is 10.1. The molecule has 0 bridgehead atoms. The summed E-state index contributed by atoms with van der Waals surface area (Å²) in [4.78, 5) is 12.1. The van der Waals surface area contributed by atoms with Gasteiger partial charge in [0.25, 0.3) is 5.91 Å². The lowest BCUT2D eigenvalue weighted by Crippen LogP contribution is -2.12. The number of aliphatic hydroxyl groups is 1. The van der Waals surface area contributed by atoms with Gasteiger partial charge in [-0.2, -0.15) is 0 Å². The van der Waals surface area contributed by atoms with E-state index in [0.29, 0.717) is 11.3 Å². The molecular weight excluding hydrogens is 306 g/mol. The van der Waals surface area contributed by atoms with Crippen molar-refractivity contribution < 1.29 is 9.90 Å². The van der Waals surface area contributed by atoms with Gasteiger partial charge in [0.1, 0.15) is 0 Å². The van der Waals surface area contributed by atoms with Crippen LogP contribution in [0.2, 0.25) is 0 Å². The van der Waals surface area contributed by atoms with Crippen molar-refractivity contribution >= 4 is 27.5 Å². The predicted molar refractivity (Wildman–Crippen MR) is 79.2 cm³/mol. The number of amides is 1. The molecule has 0 aliphatic carbocycles. The van der Waals surface area contributed by atoms with Crippen molar-refractivity contribution in [3.8, 4) is 0 Å². The van der Waals surface area contributed by atoms with Crippen molar-refractivity contribution in [2.24, 2.45) is 0 Å². The largest absolute Gasteiger partial charge is 0.389 e. The molecule has 1 amide bonds. The van der Waals surface area contributed by atoms with Gasteiger partial charge in [-0.1, -0.05) is 24.3 Å². The van der Waals surface area contributed by atoms with Gasteiger partial charge < -0.3 is 10.4 Å². The quantitative estimate of drug-likeness (QED) is 0.905. The second-order valence-electron chi connectivity index (χ2n) is 4.23. The molecule has 0 aromatic heterocycles. The Morgan fingerprint density at radius 2 is 1.79 bits per heavy atom. The average molecular weight is 320 g/mol. The summed E-state index contributed by atoms with van der Waals surface area (Å²) >= 11 is 3.35. The number of carbonyl (C=O) groups is 1. The van der Waals surface area contributed by atoms with Crippen LogP contribution >= 0.6 is 15.9 Å². The first-order chi connectivity index (χ1) is 9.08. The zero-order valence-electron chi connectivity index (χ0n) is 10.4. The number of rotatable bonds is 3. The van der Waals surface area contributed by atoms with Crippen LogP contribution in [0.5, 0.6) is 0 Å². The fourth-order valence-electron chi connectivity index (χ4n) is 1.69. The van der Waals surface area contributed by atoms with E-state index in [4.69, 9.17) is 0 Å². The van der Waals surface area contributed by atoms with E-state index in [1.165, 1.54) is 0 Å². The standard InChI is InChI=1S/C15H14BrNO2/c1-10(18)11-6-8-12(9-7-11)17-15(19)13-4-2-3-5-14(13)16/h2-10,18H,1H3,(H,17,19). The Hall–Kier alpha value is -1.65. The first-order valence-corrected chi connectivity index (χ1v) is 6.71. The summed E-state index contributed by atoms with van der Waals surface area (Å²) in [6.45, 7) is 1.70. The number of aliphatic hydroxyl groups excluding tert-OH is 1. The summed E-state index contributed by atoms with van der Waals surface area (Å²) in [5.41, 5.74) is 2.10. The first-order valence-electron chi connectivity index (χ1n) is 5.92. The molecule has 3 nitrogen and oxygen atoms in total. The van der Waals surface area contributed by atoms with E-state index < -0.39 is 6.10 Å². The molecule has 0 heterocycles. The Kier molecular flexibility index (Phi) is 4.35. The minimum Gasteiger partial charge on any atom is -0.389 e. The fraction of sp³-hybridized carbons (Fsp3) is 0.133. The van der Waals surface area contributed by atoms with Crippen LogP contribution in [0.25, 0.3) is 0 Å². The van der Waals surface area contributed by atoms with Crippen LogP contribution in [-0.2, 0) is 0 Å². The van der Waals surface area contributed by atoms with Crippen molar-refractivity contribution in [3.63, 3.8) is 0 Å². The van der Waals surface area contributed by atoms with Gasteiger partial charge in [-0.05, 0) is 52.7 Å². The molecule has 19 heavy (non-hydrogen) atoms. The van der Waals surface area contributed by atoms with Crippen LogP contribution in [0, 0.1) is 0 Å². The third-order valence-corrected chi connectivity index (χ3v) is 3.46. The minimum absolute atomic E-state index is 0.169. The van der Waals surface area contributed by atoms with E-state index in [9.17, 15) is 9.90 Å². The second-order valence-corrected chi connectivity index (χ2v) is 5.09. The minimum atomic E-state index is -0.506. The van der Waals surface area contributed by atoms with Crippen molar-refractivity contribution in [3.05, 3.63) is 64.1 Å². The van der Waals surface area contributed by atoms with Crippen molar-refractivity contribution in [1.82, 2.24) is 0 Å². The monoisotopic (exact) mass is 319 g/mol. The molecule has 0 aliphatic heterocycles. The molecule has 2 aromatic carbocycles. The molecule has 1 unspecified atom stereocenters. The maximum atomic E-state index is 12.1. The highest BCUT2D eigenvalue weighted by Crippen LogP contribution is 2.19. The van der Waals surface area contributed by atoms with Crippen LogP contribution in [0.4, 0.5) is 5.69 Å². The molecule has 2 rings (SSSR count). The molecule has 0 aliphatic rings. The number of benzene rings is 2. The van der Waals surface area contributed by atoms with Crippen LogP contribution in [0.3, 0.4) is 0 Å². The van der Waals surface area contributed by atoms with Gasteiger partial charge in [0.2, 0.25) is 0 Å². The van der Waals surface area contributed by atoms with Gasteiger partial charge in [-0.3, -0.25) is 4.79 Å². The highest BCUT2D eigenvalue weighted by molar-refractivity contribution is 9.10. The second kappa shape index (κ2) is 5.99. The Bertz CT molecular complexity index is 579. The highest BCUT2D eigenvalue weighted by atomic mass is 79.9. The summed E-state index contributed by atoms with van der Waals surface area (Å²) in [6.07, 6.45) is -0.506. The molecule has 0 fully saturated rings. The molecule has 1 atom stereocenters. The number of halogens is 1. The normalized spacial score (nSPS) is 11.9. The van der Waals surface area contributed by atoms with E-state index in [1.807, 2.05) is 18.2 Å². The Morgan fingerprint density at radius 3 is 2.37 bits per heavy atom. The summed E-state index contributed by atoms with van der Waals surface area (Å²) in [6, 6.07) is 14.4. The zero-order chi connectivity index (χ0) is 13.8. The Balaban J connectivity index is 2.13. The molecule has 98 valence electrons. The lowest BCUT2D eigenvalue weighted by Gasteiger charge is -2.09. The number of nitrogens with one attached hydrogen (secondary N) is 1. The van der Waals surface area contributed by atoms with E-state index in [1.54, 1.807) is 37.3 Å². The van der Waals surface area contributed by atoms with Gasteiger partial charge >= 0.3 is 0 Å². The number of hydrogen-bond acceptors (Lipinski definition) is 2. The lowest BCUT2D eigenvalue weighted by molar-refractivity contribution is 0.102. The van der Waals surface area contributed by atoms with Crippen LogP contribution in [0.1, 0.15) is 28.9 Å². The van der Waals surface area contributed by atoms with E-state index in [-0.39, 0.29) is 5.91 Å². The van der Waals surface area contributed by atoms with Crippen molar-refractivity contribution in [2.45, 2.75) is 13.0 Å². The van der Waals surface area contributed by atoms with Gasteiger partial charge in [0.15, 0.2) is 0 Å². The van der Waals surface area contributed by atoms with Crippen molar-refractivity contribution in [1.29, 1.82) is 0 Å². The Morgan fingerprint density at radius 1 is 1.16 bits per heavy atom. The first kappa shape index (κ1) is 13.8. The third kappa shape index (κ3) is 3.43. The summed E-state index contributed by atoms with van der Waals surface area (Å²) < 4.78 is 0.758. The average Bonchev–Trinajstić information content (AvgIpc) is 2.39. The third-order valence-electron chi connectivity index (χ3n) is 2.77. The zero-order valence-corrected chi connectivity index (χ0v) is 12.0. The smallest absolute Gasteiger partial charge is 0.256 e. The Labute approximate surface area is 120 Å². The maximum Gasteiger partial charge on any atom is 0.256 e. The fourth-order valence-corrected chi connectivity index (χ4v) is 2.15. The molecule has 2 aromatic rings. The highest BCUT2D eigenvalue weighted by Gasteiger charge is 2.09. The molecule has 0 spiro atoms. The van der Waals surface area contributed by atoms with E-state index in [2.05, 4.69) is 21.2 Å². The molecule has 2 N–H and O–H groups in total. The van der Waals surface area contributed by atoms with Gasteiger partial charge in [0, 0.05) is 10.2 Å². The molecule has 4 heteroatoms. The summed E-state index contributed by atoms with van der Waals surface area (Å²) in [7, 11) is 0. The summed E-state index contributed by atoms with van der Waals surface area (Å²) in [5, 5.41) is 12.2. The predicted octanol–water partition coefficient (Wildman–Crippen LogP) is 3.75. The molecule has 0 saturated carbocycles. The molecule has 0 radical (unpaired) electrons. The summed E-state index contributed by atoms with van der Waals surface area (Å²) in [5.74, 6) is -0.169. The van der Waals surface area contributed by atoms with Crippen LogP contribution < -0.4 is 5.32 Å². The number of carbonyl (C=O) groups excluding carboxylic acids is 1. The SMILES string of the molecule is CC(O)c1ccc(NC(=O)c2ccccc2Br)cc1. The van der Waals surface area contributed by atoms with E-state index in [0.717, 1.165) is 10.0 Å². The van der Waals surface area contributed by atoms with Crippen LogP contribution in [0.15, 0.2) is 53.0 Å². The van der Waals surface area contributed by atoms with Gasteiger partial charge in [0.05, 0.1) is 11.7 Å². The van der Waals surface area contributed by atoms with E-state index >= 15 is 0 Å². The van der Waals surface area contributed by atoms with Crippen LogP contribution in [-0.4, -0.2) is 11.0 Å². The van der Waals surface area contributed by atoms with Gasteiger partial charge in [-0.15, -0.1) is 0 Å². The number of anilines is 1. The number of hydrogen-bond donors (Lipinski definition) is 2. The van der Waals surface area contributed by atoms with Crippen molar-refractivity contribution in [2.75, 3.05) is 5.32 Å². The molecule has 0 saturated heterocycles. The van der Waals surface area contributed by atoms with Gasteiger partial charge in [-0.25, -0.2) is 0 Å². The molecular formula is C15H14BrNO2. The maximum absolute atomic E-state index is 12.1. The topological polar surface area (TPSA) is 49.3 Å².